The third-order valence-corrected chi connectivity index (χ3v) is 3.25. The number of nitrogens with one attached hydrogen (secondary N) is 1. The number of anilines is 1. The molecule has 4 heteroatoms. The molecular weight excluding hydrogens is 222 g/mol. The Morgan fingerprint density at radius 3 is 2.75 bits per heavy atom. The highest BCUT2D eigenvalue weighted by Crippen LogP contribution is 2.32. The van der Waals surface area contributed by atoms with Gasteiger partial charge in [0.25, 0.3) is 0 Å². The average Bonchev–Trinajstić information content (AvgIpc) is 2.63. The normalized spacial score (nSPS) is 18.1. The quantitative estimate of drug-likeness (QED) is 0.800. The van der Waals surface area contributed by atoms with E-state index in [1.807, 2.05) is 0 Å². The molecule has 0 aromatic carbocycles. The zero-order chi connectivity index (χ0) is 11.6. The van der Waals surface area contributed by atoms with Gasteiger partial charge >= 0.3 is 0 Å². The van der Waals surface area contributed by atoms with Crippen molar-refractivity contribution in [2.24, 2.45) is 0 Å². The van der Waals surface area contributed by atoms with Gasteiger partial charge in [0.2, 0.25) is 0 Å². The topological polar surface area (TPSA) is 48.7 Å². The summed E-state index contributed by atoms with van der Waals surface area (Å²) in [6.07, 6.45) is 4.77. The lowest BCUT2D eigenvalue weighted by Gasteiger charge is -2.26. The molecule has 0 aliphatic heterocycles. The summed E-state index contributed by atoms with van der Waals surface area (Å²) < 4.78 is 0. The van der Waals surface area contributed by atoms with E-state index in [1.54, 1.807) is 12.1 Å². The summed E-state index contributed by atoms with van der Waals surface area (Å²) in [5, 5.41) is 12.6. The molecule has 1 saturated carbocycles. The number of nitrogens with zero attached hydrogens (tertiary/aromatic N) is 2. The lowest BCUT2D eigenvalue weighted by atomic mass is 10.0. The summed E-state index contributed by atoms with van der Waals surface area (Å²) in [5.74, 6) is 0.702. The van der Waals surface area contributed by atoms with Crippen molar-refractivity contribution in [3.05, 3.63) is 22.8 Å². The monoisotopic (exact) mass is 235 g/mol. The Morgan fingerprint density at radius 2 is 2.12 bits per heavy atom. The average molecular weight is 236 g/mol. The fraction of sp³-hybridized carbons (Fsp3) is 0.500. The third-order valence-electron chi connectivity index (χ3n) is 3.06. The number of aromatic nitrogens is 1. The molecule has 0 bridgehead atoms. The van der Waals surface area contributed by atoms with E-state index in [0.717, 1.165) is 12.8 Å². The molecule has 1 aliphatic carbocycles. The summed E-state index contributed by atoms with van der Waals surface area (Å²) in [7, 11) is 0. The zero-order valence-electron chi connectivity index (χ0n) is 9.26. The maximum absolute atomic E-state index is 8.85. The molecule has 3 nitrogen and oxygen atoms in total. The van der Waals surface area contributed by atoms with Gasteiger partial charge in [-0.05, 0) is 31.9 Å². The predicted octanol–water partition coefficient (Wildman–Crippen LogP) is 3.35. The number of rotatable bonds is 2. The van der Waals surface area contributed by atoms with Gasteiger partial charge in [-0.25, -0.2) is 4.98 Å². The van der Waals surface area contributed by atoms with Crippen molar-refractivity contribution in [1.29, 1.82) is 5.26 Å². The van der Waals surface area contributed by atoms with Crippen molar-refractivity contribution < 1.29 is 0 Å². The first-order valence-electron chi connectivity index (χ1n) is 5.47. The van der Waals surface area contributed by atoms with Gasteiger partial charge in [-0.3, -0.25) is 0 Å². The summed E-state index contributed by atoms with van der Waals surface area (Å²) >= 11 is 5.86. The molecule has 84 valence electrons. The minimum atomic E-state index is 0.102. The lowest BCUT2D eigenvalue weighted by Crippen LogP contribution is -2.31. The van der Waals surface area contributed by atoms with Crippen molar-refractivity contribution in [3.63, 3.8) is 0 Å². The minimum Gasteiger partial charge on any atom is -0.365 e. The lowest BCUT2D eigenvalue weighted by molar-refractivity contribution is 0.531. The first-order chi connectivity index (χ1) is 7.61. The molecule has 0 spiro atoms. The van der Waals surface area contributed by atoms with Gasteiger partial charge in [0.1, 0.15) is 11.0 Å². The van der Waals surface area contributed by atoms with Crippen molar-refractivity contribution in [1.82, 2.24) is 4.98 Å². The molecule has 1 N–H and O–H groups in total. The molecular formula is C12H14ClN3. The maximum atomic E-state index is 8.85. The first-order valence-corrected chi connectivity index (χ1v) is 5.85. The van der Waals surface area contributed by atoms with Crippen LogP contribution in [0.15, 0.2) is 12.1 Å². The second-order valence-corrected chi connectivity index (χ2v) is 4.96. The highest BCUT2D eigenvalue weighted by molar-refractivity contribution is 6.29. The van der Waals surface area contributed by atoms with E-state index >= 15 is 0 Å². The number of nitriles is 1. The third kappa shape index (κ3) is 2.45. The van der Waals surface area contributed by atoms with Crippen LogP contribution in [0, 0.1) is 11.3 Å². The molecule has 1 fully saturated rings. The highest BCUT2D eigenvalue weighted by Gasteiger charge is 2.28. The Kier molecular flexibility index (Phi) is 3.02. The van der Waals surface area contributed by atoms with Gasteiger partial charge in [0.05, 0.1) is 11.6 Å². The molecule has 1 heterocycles. The molecule has 0 unspecified atom stereocenters. The molecule has 0 saturated heterocycles. The van der Waals surface area contributed by atoms with Gasteiger partial charge in [-0.1, -0.05) is 24.4 Å². The largest absolute Gasteiger partial charge is 0.365 e. The van der Waals surface area contributed by atoms with E-state index in [9.17, 15) is 0 Å². The molecule has 1 aliphatic rings. The number of hydrogen-bond acceptors (Lipinski definition) is 3. The number of pyridine rings is 1. The standard InChI is InChI=1S/C12H14ClN3/c1-12(4-2-3-5-12)16-11-7-9(8-14)6-10(13)15-11/h6-7H,2-5H2,1H3,(H,15,16). The highest BCUT2D eigenvalue weighted by atomic mass is 35.5. The first kappa shape index (κ1) is 11.2. The van der Waals surface area contributed by atoms with E-state index in [-0.39, 0.29) is 5.54 Å². The van der Waals surface area contributed by atoms with Gasteiger partial charge in [-0.15, -0.1) is 0 Å². The predicted molar refractivity (Wildman–Crippen MR) is 64.5 cm³/mol. The summed E-state index contributed by atoms with van der Waals surface area (Å²) in [6, 6.07) is 5.40. The van der Waals surface area contributed by atoms with E-state index in [0.29, 0.717) is 16.5 Å². The van der Waals surface area contributed by atoms with Crippen LogP contribution in [0.3, 0.4) is 0 Å². The Labute approximate surface area is 100 Å². The van der Waals surface area contributed by atoms with Crippen molar-refractivity contribution in [3.8, 4) is 6.07 Å². The van der Waals surface area contributed by atoms with E-state index < -0.39 is 0 Å². The van der Waals surface area contributed by atoms with Crippen molar-refractivity contribution >= 4 is 17.4 Å². The van der Waals surface area contributed by atoms with Crippen LogP contribution < -0.4 is 5.32 Å². The second-order valence-electron chi connectivity index (χ2n) is 4.57. The van der Waals surface area contributed by atoms with Crippen LogP contribution in [0.25, 0.3) is 0 Å². The smallest absolute Gasteiger partial charge is 0.132 e. The van der Waals surface area contributed by atoms with Crippen LogP contribution in [0.5, 0.6) is 0 Å². The summed E-state index contributed by atoms with van der Waals surface area (Å²) in [5.41, 5.74) is 0.647. The zero-order valence-corrected chi connectivity index (χ0v) is 10.0. The van der Waals surface area contributed by atoms with Gasteiger partial charge in [0.15, 0.2) is 0 Å². The van der Waals surface area contributed by atoms with Crippen LogP contribution in [-0.2, 0) is 0 Å². The molecule has 0 atom stereocenters. The van der Waals surface area contributed by atoms with Crippen LogP contribution in [0.4, 0.5) is 5.82 Å². The van der Waals surface area contributed by atoms with Crippen molar-refractivity contribution in [2.45, 2.75) is 38.1 Å². The number of hydrogen-bond donors (Lipinski definition) is 1. The summed E-state index contributed by atoms with van der Waals surface area (Å²) in [4.78, 5) is 4.19. The number of halogens is 1. The molecule has 1 aromatic rings. The SMILES string of the molecule is CC1(Nc2cc(C#N)cc(Cl)n2)CCCC1. The molecule has 0 radical (unpaired) electrons. The second kappa shape index (κ2) is 4.31. The van der Waals surface area contributed by atoms with Gasteiger partial charge in [-0.2, -0.15) is 5.26 Å². The van der Waals surface area contributed by atoms with Crippen LogP contribution in [-0.4, -0.2) is 10.5 Å². The van der Waals surface area contributed by atoms with Gasteiger partial charge in [0, 0.05) is 5.54 Å². The van der Waals surface area contributed by atoms with Crippen LogP contribution in [0.2, 0.25) is 5.15 Å². The van der Waals surface area contributed by atoms with Crippen LogP contribution in [0.1, 0.15) is 38.2 Å². The fourth-order valence-corrected chi connectivity index (χ4v) is 2.42. The van der Waals surface area contributed by atoms with Crippen molar-refractivity contribution in [2.75, 3.05) is 5.32 Å². The van der Waals surface area contributed by atoms with Crippen LogP contribution >= 0.6 is 11.6 Å². The summed E-state index contributed by atoms with van der Waals surface area (Å²) in [6.45, 7) is 2.19. The Morgan fingerprint density at radius 1 is 1.44 bits per heavy atom. The Bertz CT molecular complexity index is 430. The fourth-order valence-electron chi connectivity index (χ4n) is 2.22. The van der Waals surface area contributed by atoms with E-state index in [1.165, 1.54) is 12.8 Å². The maximum Gasteiger partial charge on any atom is 0.132 e. The Hall–Kier alpha value is -1.27. The molecule has 16 heavy (non-hydrogen) atoms. The molecule has 1 aromatic heterocycles. The van der Waals surface area contributed by atoms with E-state index in [4.69, 9.17) is 16.9 Å². The minimum absolute atomic E-state index is 0.102. The van der Waals surface area contributed by atoms with E-state index in [2.05, 4.69) is 23.3 Å². The molecule has 2 rings (SSSR count). The van der Waals surface area contributed by atoms with Gasteiger partial charge < -0.3 is 5.32 Å². The Balaban J connectivity index is 2.21. The molecule has 0 amide bonds.